The Labute approximate surface area is 198 Å². The first-order valence-electron chi connectivity index (χ1n) is 10.4. The van der Waals surface area contributed by atoms with E-state index in [1.807, 2.05) is 74.8 Å². The van der Waals surface area contributed by atoms with Gasteiger partial charge in [-0.2, -0.15) is 0 Å². The minimum atomic E-state index is -0.708. The van der Waals surface area contributed by atoms with Gasteiger partial charge in [0.1, 0.15) is 6.04 Å². The first kappa shape index (κ1) is 25.4. The number of allylic oxidation sites excluding steroid dienone is 2. The van der Waals surface area contributed by atoms with Crippen LogP contribution in [0.2, 0.25) is 0 Å². The number of aliphatic hydroxyl groups is 1. The van der Waals surface area contributed by atoms with Crippen LogP contribution in [0, 0.1) is 5.92 Å². The fourth-order valence-electron chi connectivity index (χ4n) is 3.77. The lowest BCUT2D eigenvalue weighted by molar-refractivity contribution is -0.140. The number of hydrogen-bond donors (Lipinski definition) is 4. The first-order valence-corrected chi connectivity index (χ1v) is 11.5. The minimum absolute atomic E-state index is 0.0648. The van der Waals surface area contributed by atoms with Gasteiger partial charge in [-0.1, -0.05) is 44.7 Å². The SMILES string of the molecule is C=C(C)/C(=C\N)c1ccc([C@H](C)NC(=O)[C@@H]2C[C@@H](O)CN2C(=O)[C@@H](NI)C(C)C)cc1. The average Bonchev–Trinajstić information content (AvgIpc) is 3.10. The van der Waals surface area contributed by atoms with E-state index in [4.69, 9.17) is 5.73 Å². The number of carbonyl (C=O) groups is 2. The topological polar surface area (TPSA) is 108 Å². The Hall–Kier alpha value is -1.91. The van der Waals surface area contributed by atoms with Crippen molar-refractivity contribution in [1.82, 2.24) is 13.7 Å². The van der Waals surface area contributed by atoms with E-state index in [9.17, 15) is 14.7 Å². The van der Waals surface area contributed by atoms with E-state index in [0.717, 1.165) is 22.3 Å². The zero-order chi connectivity index (χ0) is 23.3. The van der Waals surface area contributed by atoms with Crippen molar-refractivity contribution in [3.8, 4) is 0 Å². The zero-order valence-electron chi connectivity index (χ0n) is 18.6. The van der Waals surface area contributed by atoms with Crippen LogP contribution in [-0.2, 0) is 9.59 Å². The van der Waals surface area contributed by atoms with Crippen molar-refractivity contribution < 1.29 is 14.7 Å². The summed E-state index contributed by atoms with van der Waals surface area (Å²) in [4.78, 5) is 27.5. The Bertz CT molecular complexity index is 838. The summed E-state index contributed by atoms with van der Waals surface area (Å²) >= 11 is 1.96. The van der Waals surface area contributed by atoms with Crippen molar-refractivity contribution in [2.45, 2.75) is 58.3 Å². The third-order valence-corrected chi connectivity index (χ3v) is 6.29. The number of nitrogens with two attached hydrogens (primary N) is 1. The smallest absolute Gasteiger partial charge is 0.243 e. The van der Waals surface area contributed by atoms with Gasteiger partial charge in [-0.3, -0.25) is 9.59 Å². The summed E-state index contributed by atoms with van der Waals surface area (Å²) in [5.74, 6) is -0.365. The lowest BCUT2D eigenvalue weighted by Gasteiger charge is -2.30. The lowest BCUT2D eigenvalue weighted by Crippen LogP contribution is -2.52. The Morgan fingerprint density at radius 3 is 2.39 bits per heavy atom. The van der Waals surface area contributed by atoms with E-state index in [1.165, 1.54) is 11.1 Å². The van der Waals surface area contributed by atoms with Crippen LogP contribution in [0.25, 0.3) is 5.57 Å². The normalized spacial score (nSPS) is 21.1. The van der Waals surface area contributed by atoms with Gasteiger partial charge in [0.15, 0.2) is 0 Å². The Morgan fingerprint density at radius 1 is 1.29 bits per heavy atom. The molecule has 0 spiro atoms. The average molecular weight is 540 g/mol. The van der Waals surface area contributed by atoms with Crippen LogP contribution in [0.5, 0.6) is 0 Å². The standard InChI is InChI=1S/C23H33IN4O3/c1-13(2)19(11-25)17-8-6-16(7-9-17)15(5)26-22(30)20-10-18(29)12-28(20)23(31)21(27-24)14(3)4/h6-9,11,14-15,18,20-21,27,29H,1,10,12,25H2,2-5H3,(H,26,30)/b19-11+/t15-,18+,20-,21-/m0/s1. The number of nitrogens with one attached hydrogen (secondary N) is 2. The first-order chi connectivity index (χ1) is 14.6. The number of amides is 2. The van der Waals surface area contributed by atoms with Gasteiger partial charge in [0, 0.05) is 42.0 Å². The van der Waals surface area contributed by atoms with Gasteiger partial charge in [-0.25, -0.2) is 3.53 Å². The number of aliphatic hydroxyl groups excluding tert-OH is 1. The summed E-state index contributed by atoms with van der Waals surface area (Å²) in [6, 6.07) is 6.41. The molecular formula is C23H33IN4O3. The molecule has 0 radical (unpaired) electrons. The molecule has 7 nitrogen and oxygen atoms in total. The molecular weight excluding hydrogens is 507 g/mol. The number of halogens is 1. The molecule has 0 aliphatic carbocycles. The van der Waals surface area contributed by atoms with Crippen LogP contribution in [0.3, 0.4) is 0 Å². The van der Waals surface area contributed by atoms with E-state index >= 15 is 0 Å². The maximum atomic E-state index is 13.0. The molecule has 2 rings (SSSR count). The summed E-state index contributed by atoms with van der Waals surface area (Å²) < 4.78 is 2.99. The van der Waals surface area contributed by atoms with Gasteiger partial charge in [-0.15, -0.1) is 0 Å². The maximum absolute atomic E-state index is 13.0. The minimum Gasteiger partial charge on any atom is -0.404 e. The Kier molecular flexibility index (Phi) is 9.08. The molecule has 1 saturated heterocycles. The van der Waals surface area contributed by atoms with Crippen molar-refractivity contribution in [3.05, 3.63) is 53.7 Å². The van der Waals surface area contributed by atoms with Gasteiger partial charge in [0.2, 0.25) is 11.8 Å². The second kappa shape index (κ2) is 11.1. The molecule has 0 unspecified atom stereocenters. The van der Waals surface area contributed by atoms with E-state index < -0.39 is 18.2 Å². The summed E-state index contributed by atoms with van der Waals surface area (Å²) in [6.45, 7) is 11.8. The van der Waals surface area contributed by atoms with Crippen molar-refractivity contribution in [1.29, 1.82) is 0 Å². The molecule has 2 amide bonds. The van der Waals surface area contributed by atoms with Crippen molar-refractivity contribution in [2.24, 2.45) is 11.7 Å². The molecule has 170 valence electrons. The van der Waals surface area contributed by atoms with Crippen LogP contribution in [0.1, 0.15) is 51.3 Å². The number of carbonyl (C=O) groups excluding carboxylic acids is 2. The van der Waals surface area contributed by atoms with Gasteiger partial charge in [0.05, 0.1) is 18.2 Å². The Balaban J connectivity index is 2.12. The van der Waals surface area contributed by atoms with Gasteiger partial charge >= 0.3 is 0 Å². The summed E-state index contributed by atoms with van der Waals surface area (Å²) in [6.07, 6.45) is 1.06. The summed E-state index contributed by atoms with van der Waals surface area (Å²) in [5.41, 5.74) is 9.34. The number of nitrogens with zero attached hydrogens (tertiary/aromatic N) is 1. The molecule has 8 heteroatoms. The van der Waals surface area contributed by atoms with Gasteiger partial charge in [-0.05, 0) is 42.0 Å². The molecule has 0 bridgehead atoms. The van der Waals surface area contributed by atoms with Crippen molar-refractivity contribution >= 4 is 40.3 Å². The fourth-order valence-corrected chi connectivity index (χ4v) is 4.76. The monoisotopic (exact) mass is 540 g/mol. The molecule has 0 aromatic heterocycles. The highest BCUT2D eigenvalue weighted by Crippen LogP contribution is 2.25. The zero-order valence-corrected chi connectivity index (χ0v) is 20.7. The molecule has 31 heavy (non-hydrogen) atoms. The van der Waals surface area contributed by atoms with Gasteiger partial charge < -0.3 is 21.1 Å². The highest BCUT2D eigenvalue weighted by atomic mass is 127. The number of hydrogen-bond acceptors (Lipinski definition) is 5. The molecule has 1 aliphatic heterocycles. The number of rotatable bonds is 8. The van der Waals surface area contributed by atoms with Crippen LogP contribution in [0.4, 0.5) is 0 Å². The maximum Gasteiger partial charge on any atom is 0.243 e. The highest BCUT2D eigenvalue weighted by molar-refractivity contribution is 14.1. The molecule has 1 fully saturated rings. The third kappa shape index (κ3) is 6.08. The van der Waals surface area contributed by atoms with Crippen LogP contribution < -0.4 is 14.6 Å². The molecule has 5 N–H and O–H groups in total. The number of benzene rings is 1. The molecule has 1 aromatic carbocycles. The van der Waals surface area contributed by atoms with E-state index in [2.05, 4.69) is 15.4 Å². The van der Waals surface area contributed by atoms with Crippen LogP contribution in [-0.4, -0.2) is 46.6 Å². The predicted molar refractivity (Wildman–Crippen MR) is 132 cm³/mol. The molecule has 1 aromatic rings. The summed E-state index contributed by atoms with van der Waals surface area (Å²) in [5, 5.41) is 13.1. The lowest BCUT2D eigenvalue weighted by atomic mass is 9.98. The molecule has 0 saturated carbocycles. The second-order valence-corrected chi connectivity index (χ2v) is 9.06. The highest BCUT2D eigenvalue weighted by Gasteiger charge is 2.41. The van der Waals surface area contributed by atoms with E-state index in [1.54, 1.807) is 0 Å². The van der Waals surface area contributed by atoms with Crippen molar-refractivity contribution in [2.75, 3.05) is 6.54 Å². The van der Waals surface area contributed by atoms with E-state index in [0.29, 0.717) is 0 Å². The summed E-state index contributed by atoms with van der Waals surface area (Å²) in [7, 11) is 0. The van der Waals surface area contributed by atoms with Crippen LogP contribution >= 0.6 is 22.9 Å². The van der Waals surface area contributed by atoms with Crippen molar-refractivity contribution in [3.63, 3.8) is 0 Å². The van der Waals surface area contributed by atoms with Gasteiger partial charge in [0.25, 0.3) is 0 Å². The van der Waals surface area contributed by atoms with Crippen LogP contribution in [0.15, 0.2) is 42.6 Å². The second-order valence-electron chi connectivity index (χ2n) is 8.44. The Morgan fingerprint density at radius 2 is 1.90 bits per heavy atom. The predicted octanol–water partition coefficient (Wildman–Crippen LogP) is 2.67. The number of β-amino-alcohol motifs (C(OH)–C–C–N with tert-alkyl or cyclic N) is 1. The third-order valence-electron chi connectivity index (χ3n) is 5.62. The number of likely N-dealkylation sites (tertiary alicyclic amines) is 1. The molecule has 1 heterocycles. The quantitative estimate of drug-likeness (QED) is 0.231. The largest absolute Gasteiger partial charge is 0.404 e. The fraction of sp³-hybridized carbons (Fsp3) is 0.478. The molecule has 4 atom stereocenters. The molecule has 1 aliphatic rings. The van der Waals surface area contributed by atoms with E-state index in [-0.39, 0.29) is 36.7 Å².